The van der Waals surface area contributed by atoms with Crippen LogP contribution in [0.4, 0.5) is 5.82 Å². The number of benzene rings is 1. The maximum atomic E-state index is 4.46. The van der Waals surface area contributed by atoms with E-state index < -0.39 is 0 Å². The topological polar surface area (TPSA) is 60.9 Å². The molecular weight excluding hydrogens is 288 g/mol. The number of hydrogen-bond donors (Lipinski definition) is 1. The Labute approximate surface area is 135 Å². The van der Waals surface area contributed by atoms with Crippen molar-refractivity contribution in [1.82, 2.24) is 25.1 Å². The van der Waals surface area contributed by atoms with Crippen LogP contribution in [0, 0.1) is 6.92 Å². The average molecular weight is 308 g/mol. The van der Waals surface area contributed by atoms with Crippen LogP contribution in [0.5, 0.6) is 0 Å². The van der Waals surface area contributed by atoms with Gasteiger partial charge in [0.1, 0.15) is 12.1 Å². The highest BCUT2D eigenvalue weighted by Gasteiger charge is 2.20. The first kappa shape index (κ1) is 14.1. The summed E-state index contributed by atoms with van der Waals surface area (Å²) in [6, 6.07) is 8.63. The van der Waals surface area contributed by atoms with Crippen molar-refractivity contribution in [1.29, 1.82) is 0 Å². The van der Waals surface area contributed by atoms with Crippen LogP contribution < -0.4 is 4.90 Å². The first-order valence-corrected chi connectivity index (χ1v) is 7.97. The molecular formula is C17H20N6. The summed E-state index contributed by atoms with van der Waals surface area (Å²) < 4.78 is 0. The maximum Gasteiger partial charge on any atom is 0.160 e. The molecule has 1 aromatic carbocycles. The lowest BCUT2D eigenvalue weighted by Crippen LogP contribution is -2.46. The number of piperazine rings is 1. The van der Waals surface area contributed by atoms with Crippen molar-refractivity contribution < 1.29 is 0 Å². The largest absolute Gasteiger partial charge is 0.353 e. The predicted octanol–water partition coefficient (Wildman–Crippen LogP) is 1.98. The van der Waals surface area contributed by atoms with Crippen molar-refractivity contribution in [3.63, 3.8) is 0 Å². The van der Waals surface area contributed by atoms with Crippen molar-refractivity contribution in [3.8, 4) is 0 Å². The van der Waals surface area contributed by atoms with E-state index in [1.165, 1.54) is 11.1 Å². The summed E-state index contributed by atoms with van der Waals surface area (Å²) in [4.78, 5) is 13.5. The Morgan fingerprint density at radius 1 is 1.09 bits per heavy atom. The monoisotopic (exact) mass is 308 g/mol. The van der Waals surface area contributed by atoms with Gasteiger partial charge in [-0.2, -0.15) is 5.10 Å². The maximum absolute atomic E-state index is 4.46. The fourth-order valence-corrected chi connectivity index (χ4v) is 3.15. The van der Waals surface area contributed by atoms with Gasteiger partial charge in [0, 0.05) is 32.7 Å². The Bertz CT molecular complexity index is 803. The molecule has 23 heavy (non-hydrogen) atoms. The molecule has 0 atom stereocenters. The summed E-state index contributed by atoms with van der Waals surface area (Å²) in [5, 5.41) is 7.98. The molecule has 0 spiro atoms. The normalized spacial score (nSPS) is 16.1. The molecule has 0 amide bonds. The summed E-state index contributed by atoms with van der Waals surface area (Å²) in [5.41, 5.74) is 3.59. The van der Waals surface area contributed by atoms with Gasteiger partial charge < -0.3 is 4.90 Å². The molecule has 2 aromatic heterocycles. The Morgan fingerprint density at radius 2 is 1.91 bits per heavy atom. The molecule has 0 aliphatic carbocycles. The number of aromatic amines is 1. The number of nitrogens with one attached hydrogen (secondary N) is 1. The second-order valence-corrected chi connectivity index (χ2v) is 6.02. The number of aryl methyl sites for hydroxylation is 1. The van der Waals surface area contributed by atoms with E-state index in [1.807, 2.05) is 6.20 Å². The summed E-state index contributed by atoms with van der Waals surface area (Å²) in [6.45, 7) is 7.23. The summed E-state index contributed by atoms with van der Waals surface area (Å²) in [7, 11) is 0. The number of hydrogen-bond acceptors (Lipinski definition) is 5. The Balaban J connectivity index is 1.45. The molecule has 6 heteroatoms. The third-order valence-electron chi connectivity index (χ3n) is 4.55. The third-order valence-corrected chi connectivity index (χ3v) is 4.55. The van der Waals surface area contributed by atoms with Crippen molar-refractivity contribution >= 4 is 16.9 Å². The van der Waals surface area contributed by atoms with Gasteiger partial charge in [0.05, 0.1) is 11.6 Å². The van der Waals surface area contributed by atoms with Gasteiger partial charge in [0.2, 0.25) is 0 Å². The molecule has 3 aromatic rings. The van der Waals surface area contributed by atoms with Gasteiger partial charge in [0.25, 0.3) is 0 Å². The van der Waals surface area contributed by atoms with Crippen molar-refractivity contribution in [2.45, 2.75) is 13.5 Å². The van der Waals surface area contributed by atoms with Gasteiger partial charge in [-0.1, -0.05) is 24.3 Å². The lowest BCUT2D eigenvalue weighted by atomic mass is 10.1. The number of anilines is 1. The minimum atomic E-state index is 0.803. The molecule has 4 rings (SSSR count). The Kier molecular flexibility index (Phi) is 3.67. The SMILES string of the molecule is Cc1ccccc1CN1CCN(c2ncnc3[nH]ncc23)CC1. The predicted molar refractivity (Wildman–Crippen MR) is 90.4 cm³/mol. The molecule has 0 bridgehead atoms. The van der Waals surface area contributed by atoms with E-state index in [1.54, 1.807) is 6.33 Å². The standard InChI is InChI=1S/C17H20N6/c1-13-4-2-3-5-14(13)11-22-6-8-23(9-7-22)17-15-10-20-21-16(15)18-12-19-17/h2-5,10,12H,6-9,11H2,1H3,(H,18,19,20,21). The van der Waals surface area contributed by atoms with Gasteiger partial charge in [-0.05, 0) is 18.1 Å². The van der Waals surface area contributed by atoms with E-state index in [2.05, 4.69) is 61.2 Å². The van der Waals surface area contributed by atoms with Crippen LogP contribution in [0.25, 0.3) is 11.0 Å². The molecule has 0 unspecified atom stereocenters. The molecule has 1 aliphatic rings. The first-order chi connectivity index (χ1) is 11.3. The summed E-state index contributed by atoms with van der Waals surface area (Å²) in [6.07, 6.45) is 3.42. The van der Waals surface area contributed by atoms with Crippen molar-refractivity contribution in [2.75, 3.05) is 31.1 Å². The minimum absolute atomic E-state index is 0.803. The molecule has 3 heterocycles. The van der Waals surface area contributed by atoms with Gasteiger partial charge in [0.15, 0.2) is 5.65 Å². The Morgan fingerprint density at radius 3 is 2.74 bits per heavy atom. The zero-order valence-corrected chi connectivity index (χ0v) is 13.2. The van der Waals surface area contributed by atoms with Crippen LogP contribution in [0.3, 0.4) is 0 Å². The van der Waals surface area contributed by atoms with Gasteiger partial charge >= 0.3 is 0 Å². The van der Waals surface area contributed by atoms with Crippen LogP contribution >= 0.6 is 0 Å². The molecule has 0 radical (unpaired) electrons. The second-order valence-electron chi connectivity index (χ2n) is 6.02. The molecule has 1 aliphatic heterocycles. The van der Waals surface area contributed by atoms with Crippen molar-refractivity contribution in [2.24, 2.45) is 0 Å². The average Bonchev–Trinajstić information content (AvgIpc) is 3.06. The van der Waals surface area contributed by atoms with E-state index in [4.69, 9.17) is 0 Å². The van der Waals surface area contributed by atoms with Gasteiger partial charge in [-0.25, -0.2) is 9.97 Å². The molecule has 0 saturated carbocycles. The molecule has 1 N–H and O–H groups in total. The van der Waals surface area contributed by atoms with Gasteiger partial charge in [-0.15, -0.1) is 0 Å². The lowest BCUT2D eigenvalue weighted by molar-refractivity contribution is 0.249. The van der Waals surface area contributed by atoms with E-state index in [9.17, 15) is 0 Å². The zero-order valence-electron chi connectivity index (χ0n) is 13.2. The zero-order chi connectivity index (χ0) is 15.6. The van der Waals surface area contributed by atoms with E-state index in [0.29, 0.717) is 0 Å². The number of nitrogens with zero attached hydrogens (tertiary/aromatic N) is 5. The van der Waals surface area contributed by atoms with Crippen molar-refractivity contribution in [3.05, 3.63) is 47.9 Å². The van der Waals surface area contributed by atoms with Crippen LogP contribution in [0.1, 0.15) is 11.1 Å². The van der Waals surface area contributed by atoms with Crippen LogP contribution in [0.2, 0.25) is 0 Å². The van der Waals surface area contributed by atoms with Crippen LogP contribution in [0.15, 0.2) is 36.8 Å². The number of rotatable bonds is 3. The summed E-state index contributed by atoms with van der Waals surface area (Å²) in [5.74, 6) is 0.985. The van der Waals surface area contributed by atoms with E-state index >= 15 is 0 Å². The van der Waals surface area contributed by atoms with Gasteiger partial charge in [-0.3, -0.25) is 10.00 Å². The highest BCUT2D eigenvalue weighted by atomic mass is 15.3. The second kappa shape index (κ2) is 5.96. The minimum Gasteiger partial charge on any atom is -0.353 e. The quantitative estimate of drug-likeness (QED) is 0.802. The molecule has 118 valence electrons. The Hall–Kier alpha value is -2.47. The highest BCUT2D eigenvalue weighted by molar-refractivity contribution is 5.86. The molecule has 1 saturated heterocycles. The smallest absolute Gasteiger partial charge is 0.160 e. The van der Waals surface area contributed by atoms with E-state index in [0.717, 1.165) is 49.6 Å². The lowest BCUT2D eigenvalue weighted by Gasteiger charge is -2.35. The fourth-order valence-electron chi connectivity index (χ4n) is 3.15. The fraction of sp³-hybridized carbons (Fsp3) is 0.353. The van der Waals surface area contributed by atoms with Crippen LogP contribution in [-0.2, 0) is 6.54 Å². The number of H-pyrrole nitrogens is 1. The van der Waals surface area contributed by atoms with E-state index in [-0.39, 0.29) is 0 Å². The number of fused-ring (bicyclic) bond motifs is 1. The highest BCUT2D eigenvalue weighted by Crippen LogP contribution is 2.22. The van der Waals surface area contributed by atoms with Crippen LogP contribution in [-0.4, -0.2) is 51.2 Å². The number of aromatic nitrogens is 4. The molecule has 1 fully saturated rings. The molecule has 6 nitrogen and oxygen atoms in total. The summed E-state index contributed by atoms with van der Waals surface area (Å²) >= 11 is 0. The third kappa shape index (κ3) is 2.77. The first-order valence-electron chi connectivity index (χ1n) is 7.97.